The fourth-order valence-corrected chi connectivity index (χ4v) is 5.13. The average molecular weight is 550 g/mol. The Bertz CT molecular complexity index is 1040. The summed E-state index contributed by atoms with van der Waals surface area (Å²) in [6.07, 6.45) is 6.44. The normalized spacial score (nSPS) is 17.1. The van der Waals surface area contributed by atoms with E-state index in [-0.39, 0.29) is 11.9 Å². The summed E-state index contributed by atoms with van der Waals surface area (Å²) in [5.41, 5.74) is 0.999. The molecule has 3 heterocycles. The highest BCUT2D eigenvalue weighted by atomic mass is 32.2. The minimum Gasteiger partial charge on any atom is -0.493 e. The van der Waals surface area contributed by atoms with Crippen LogP contribution in [0.4, 0.5) is 31.5 Å². The van der Waals surface area contributed by atoms with E-state index >= 15 is 0 Å². The van der Waals surface area contributed by atoms with E-state index < -0.39 is 18.3 Å². The van der Waals surface area contributed by atoms with Gasteiger partial charge in [-0.3, -0.25) is 4.90 Å². The number of hydrogen-bond donors (Lipinski definition) is 1. The van der Waals surface area contributed by atoms with E-state index in [2.05, 4.69) is 14.6 Å². The maximum absolute atomic E-state index is 14.6. The standard InChI is InChI=1S/C17H20FN3OS2.C6H4F2.CHF3/c18-13-10-12-14(21-6-2-1-3-7-21)4-8-22-15(12)11-16(13)24-20-17-19-5-9-23-17;7-5-3-1-2-4-6(5)8;2-1(3)4/h5,9-11,14H,1-4,6-8H2,(H,19,20);1-4H;1H. The van der Waals surface area contributed by atoms with Crippen LogP contribution in [0, 0.1) is 17.5 Å². The van der Waals surface area contributed by atoms with Gasteiger partial charge in [0.05, 0.1) is 11.5 Å². The summed E-state index contributed by atoms with van der Waals surface area (Å²) in [4.78, 5) is 7.18. The molecule has 1 atom stereocenters. The number of halogens is 6. The minimum absolute atomic E-state index is 0.199. The molecule has 0 amide bonds. The first-order valence-electron chi connectivity index (χ1n) is 11.2. The molecule has 0 spiro atoms. The molecule has 1 saturated heterocycles. The van der Waals surface area contributed by atoms with E-state index in [0.717, 1.165) is 48.1 Å². The zero-order chi connectivity index (χ0) is 25.9. The van der Waals surface area contributed by atoms with Gasteiger partial charge in [-0.1, -0.05) is 18.6 Å². The van der Waals surface area contributed by atoms with Crippen molar-refractivity contribution < 1.29 is 31.1 Å². The van der Waals surface area contributed by atoms with Crippen molar-refractivity contribution in [3.8, 4) is 5.75 Å². The second-order valence-electron chi connectivity index (χ2n) is 7.77. The molecular weight excluding hydrogens is 524 g/mol. The van der Waals surface area contributed by atoms with Crippen molar-refractivity contribution in [2.45, 2.75) is 43.3 Å². The lowest BCUT2D eigenvalue weighted by molar-refractivity contribution is 0.00819. The second-order valence-corrected chi connectivity index (χ2v) is 9.52. The van der Waals surface area contributed by atoms with Crippen molar-refractivity contribution in [1.82, 2.24) is 9.88 Å². The molecule has 0 radical (unpaired) electrons. The van der Waals surface area contributed by atoms with Gasteiger partial charge in [-0.25, -0.2) is 18.2 Å². The molecule has 196 valence electrons. The maximum Gasteiger partial charge on any atom is 0.379 e. The molecular formula is C24H25F6N3OS2. The lowest BCUT2D eigenvalue weighted by Gasteiger charge is -2.38. The smallest absolute Gasteiger partial charge is 0.379 e. The summed E-state index contributed by atoms with van der Waals surface area (Å²) in [6.45, 7) is -0.758. The number of rotatable bonds is 4. The zero-order valence-corrected chi connectivity index (χ0v) is 20.7. The number of thiazole rings is 1. The van der Waals surface area contributed by atoms with Crippen LogP contribution in [0.3, 0.4) is 0 Å². The van der Waals surface area contributed by atoms with Gasteiger partial charge in [-0.15, -0.1) is 11.3 Å². The van der Waals surface area contributed by atoms with Crippen molar-refractivity contribution in [2.75, 3.05) is 24.4 Å². The second kappa shape index (κ2) is 14.3. The molecule has 1 fully saturated rings. The number of nitrogens with zero attached hydrogens (tertiary/aromatic N) is 2. The summed E-state index contributed by atoms with van der Waals surface area (Å²) < 4.78 is 76.4. The molecule has 4 nitrogen and oxygen atoms in total. The van der Waals surface area contributed by atoms with E-state index in [9.17, 15) is 26.3 Å². The number of likely N-dealkylation sites (tertiary alicyclic amines) is 1. The van der Waals surface area contributed by atoms with Crippen LogP contribution >= 0.6 is 23.3 Å². The van der Waals surface area contributed by atoms with Crippen LogP contribution in [-0.4, -0.2) is 36.3 Å². The van der Waals surface area contributed by atoms with Crippen LogP contribution in [0.25, 0.3) is 0 Å². The Kier molecular flexibility index (Phi) is 11.2. The Morgan fingerprint density at radius 2 is 1.67 bits per heavy atom. The molecule has 2 aromatic carbocycles. The number of ether oxygens (including phenoxy) is 1. The number of hydrogen-bond acceptors (Lipinski definition) is 6. The molecule has 0 bridgehead atoms. The van der Waals surface area contributed by atoms with Gasteiger partial charge in [0, 0.05) is 29.6 Å². The van der Waals surface area contributed by atoms with Crippen molar-refractivity contribution in [3.05, 3.63) is 71.0 Å². The van der Waals surface area contributed by atoms with Gasteiger partial charge in [0.15, 0.2) is 16.8 Å². The van der Waals surface area contributed by atoms with Gasteiger partial charge in [0.25, 0.3) is 0 Å². The maximum atomic E-state index is 14.6. The first-order valence-corrected chi connectivity index (χ1v) is 12.9. The van der Waals surface area contributed by atoms with Crippen LogP contribution < -0.4 is 9.46 Å². The summed E-state index contributed by atoms with van der Waals surface area (Å²) >= 11 is 2.74. The molecule has 0 aliphatic carbocycles. The SMILES string of the molecule is FC(F)F.Fc1cc2c(cc1SNc1nccs1)OCCC2N1CCCCC1.Fc1ccccc1F. The summed E-state index contributed by atoms with van der Waals surface area (Å²) in [5, 5.41) is 2.66. The molecule has 5 rings (SSSR count). The highest BCUT2D eigenvalue weighted by Gasteiger charge is 2.29. The highest BCUT2D eigenvalue weighted by Crippen LogP contribution is 2.40. The van der Waals surface area contributed by atoms with Crippen LogP contribution in [0.15, 0.2) is 52.9 Å². The van der Waals surface area contributed by atoms with Gasteiger partial charge in [-0.2, -0.15) is 13.2 Å². The molecule has 0 saturated carbocycles. The number of benzene rings is 2. The van der Waals surface area contributed by atoms with Crippen LogP contribution in [0.2, 0.25) is 0 Å². The molecule has 1 N–H and O–H groups in total. The molecule has 36 heavy (non-hydrogen) atoms. The van der Waals surface area contributed by atoms with E-state index in [4.69, 9.17) is 4.74 Å². The number of nitrogens with one attached hydrogen (secondary N) is 1. The highest BCUT2D eigenvalue weighted by molar-refractivity contribution is 8.00. The van der Waals surface area contributed by atoms with E-state index in [0.29, 0.717) is 11.5 Å². The molecule has 1 unspecified atom stereocenters. The van der Waals surface area contributed by atoms with Gasteiger partial charge in [0.2, 0.25) is 0 Å². The van der Waals surface area contributed by atoms with Gasteiger partial charge in [0.1, 0.15) is 11.6 Å². The topological polar surface area (TPSA) is 37.4 Å². The van der Waals surface area contributed by atoms with E-state index in [1.165, 1.54) is 54.7 Å². The number of alkyl halides is 3. The Morgan fingerprint density at radius 1 is 1.00 bits per heavy atom. The third kappa shape index (κ3) is 8.59. The lowest BCUT2D eigenvalue weighted by atomic mass is 9.96. The predicted molar refractivity (Wildman–Crippen MR) is 130 cm³/mol. The van der Waals surface area contributed by atoms with Gasteiger partial charge >= 0.3 is 6.68 Å². The third-order valence-corrected chi connectivity index (χ3v) is 7.05. The average Bonchev–Trinajstić information content (AvgIpc) is 3.39. The largest absolute Gasteiger partial charge is 0.493 e. The van der Waals surface area contributed by atoms with Gasteiger partial charge < -0.3 is 9.46 Å². The number of fused-ring (bicyclic) bond motifs is 1. The van der Waals surface area contributed by atoms with Crippen molar-refractivity contribution >= 4 is 28.4 Å². The molecule has 3 aromatic rings. The fourth-order valence-electron chi connectivity index (χ4n) is 3.87. The minimum atomic E-state index is -3.67. The fraction of sp³-hybridized carbons (Fsp3) is 0.375. The Hall–Kier alpha value is -2.44. The number of piperidine rings is 1. The Balaban J connectivity index is 0.000000250. The summed E-state index contributed by atoms with van der Waals surface area (Å²) in [5.74, 6) is -0.975. The number of anilines is 1. The lowest BCUT2D eigenvalue weighted by Crippen LogP contribution is -2.36. The monoisotopic (exact) mass is 549 g/mol. The molecule has 1 aromatic heterocycles. The van der Waals surface area contributed by atoms with Gasteiger partial charge in [-0.05, 0) is 62.1 Å². The number of aromatic nitrogens is 1. The van der Waals surface area contributed by atoms with Crippen molar-refractivity contribution in [1.29, 1.82) is 0 Å². The van der Waals surface area contributed by atoms with Crippen molar-refractivity contribution in [2.24, 2.45) is 0 Å². The third-order valence-electron chi connectivity index (χ3n) is 5.41. The summed E-state index contributed by atoms with van der Waals surface area (Å²) in [6, 6.07) is 8.82. The van der Waals surface area contributed by atoms with Crippen LogP contribution in [0.5, 0.6) is 5.75 Å². The van der Waals surface area contributed by atoms with Crippen LogP contribution in [-0.2, 0) is 0 Å². The van der Waals surface area contributed by atoms with E-state index in [1.807, 2.05) is 11.4 Å². The summed E-state index contributed by atoms with van der Waals surface area (Å²) in [7, 11) is 0. The quantitative estimate of drug-likeness (QED) is 0.265. The van der Waals surface area contributed by atoms with E-state index in [1.54, 1.807) is 12.3 Å². The molecule has 2 aliphatic heterocycles. The van der Waals surface area contributed by atoms with Crippen LogP contribution in [0.1, 0.15) is 37.3 Å². The predicted octanol–water partition coefficient (Wildman–Crippen LogP) is 7.85. The van der Waals surface area contributed by atoms with Crippen molar-refractivity contribution in [3.63, 3.8) is 0 Å². The molecule has 12 heteroatoms. The zero-order valence-electron chi connectivity index (χ0n) is 19.1. The Morgan fingerprint density at radius 3 is 2.25 bits per heavy atom. The molecule has 2 aliphatic rings. The Labute approximate surface area is 213 Å². The first kappa shape index (κ1) is 28.1. The first-order chi connectivity index (χ1) is 17.3.